The summed E-state index contributed by atoms with van der Waals surface area (Å²) in [4.78, 5) is 30.9. The van der Waals surface area contributed by atoms with Gasteiger partial charge in [-0.1, -0.05) is 25.5 Å². The number of H-pyrrole nitrogens is 1. The van der Waals surface area contributed by atoms with Crippen molar-refractivity contribution < 1.29 is 4.79 Å². The highest BCUT2D eigenvalue weighted by Gasteiger charge is 2.12. The molecule has 2 aromatic rings. The lowest BCUT2D eigenvalue weighted by Crippen LogP contribution is -2.24. The molecule has 0 unspecified atom stereocenters. The topological polar surface area (TPSA) is 74.8 Å². The second-order valence-corrected chi connectivity index (χ2v) is 5.74. The molecule has 0 saturated heterocycles. The number of aryl methyl sites for hydroxylation is 3. The molecule has 1 aromatic heterocycles. The largest absolute Gasteiger partial charge is 0.326 e. The van der Waals surface area contributed by atoms with Crippen molar-refractivity contribution in [3.63, 3.8) is 0 Å². The number of nitrogens with one attached hydrogen (secondary N) is 2. The van der Waals surface area contributed by atoms with Crippen molar-refractivity contribution in [3.8, 4) is 0 Å². The van der Waals surface area contributed by atoms with Crippen LogP contribution in [0, 0.1) is 13.8 Å². The van der Waals surface area contributed by atoms with Crippen molar-refractivity contribution in [1.82, 2.24) is 9.97 Å². The minimum atomic E-state index is -0.250. The Morgan fingerprint density at radius 2 is 1.91 bits per heavy atom. The molecule has 0 saturated carbocycles. The molecular weight excluding hydrogens is 290 g/mol. The van der Waals surface area contributed by atoms with E-state index in [1.807, 2.05) is 24.3 Å². The quantitative estimate of drug-likeness (QED) is 0.861. The van der Waals surface area contributed by atoms with E-state index in [1.54, 1.807) is 13.8 Å². The average molecular weight is 313 g/mol. The molecule has 0 radical (unpaired) electrons. The Bertz CT molecular complexity index is 733. The molecule has 5 nitrogen and oxygen atoms in total. The zero-order chi connectivity index (χ0) is 16.8. The Hall–Kier alpha value is -2.43. The van der Waals surface area contributed by atoms with Gasteiger partial charge in [0.1, 0.15) is 5.82 Å². The summed E-state index contributed by atoms with van der Waals surface area (Å²) in [7, 11) is 0. The first-order valence-corrected chi connectivity index (χ1v) is 7.94. The van der Waals surface area contributed by atoms with Crippen LogP contribution in [0.1, 0.15) is 42.4 Å². The fourth-order valence-corrected chi connectivity index (χ4v) is 2.46. The van der Waals surface area contributed by atoms with Gasteiger partial charge in [0.2, 0.25) is 5.91 Å². The van der Waals surface area contributed by atoms with Gasteiger partial charge in [-0.25, -0.2) is 4.98 Å². The summed E-state index contributed by atoms with van der Waals surface area (Å²) in [5.41, 5.74) is 2.76. The van der Waals surface area contributed by atoms with Gasteiger partial charge in [-0.15, -0.1) is 0 Å². The second kappa shape index (κ2) is 7.72. The smallest absolute Gasteiger partial charge is 0.254 e. The summed E-state index contributed by atoms with van der Waals surface area (Å²) in [5.74, 6) is 0.338. The van der Waals surface area contributed by atoms with Gasteiger partial charge in [0.15, 0.2) is 0 Å². The van der Waals surface area contributed by atoms with Crippen LogP contribution < -0.4 is 10.9 Å². The highest BCUT2D eigenvalue weighted by atomic mass is 16.2. The standard InChI is InChI=1S/C18H23N3O2/c1-4-5-6-14-7-9-15(10-8-14)21-17(22)11-16-12(2)19-13(3)20-18(16)23/h7-10H,4-6,11H2,1-3H3,(H,21,22)(H,19,20,23). The summed E-state index contributed by atoms with van der Waals surface area (Å²) >= 11 is 0. The van der Waals surface area contributed by atoms with Gasteiger partial charge in [-0.2, -0.15) is 0 Å². The Balaban J connectivity index is 2.01. The zero-order valence-electron chi connectivity index (χ0n) is 13.9. The van der Waals surface area contributed by atoms with Gasteiger partial charge in [0.05, 0.1) is 6.42 Å². The minimum absolute atomic E-state index is 0.0199. The lowest BCUT2D eigenvalue weighted by atomic mass is 10.1. The molecule has 0 bridgehead atoms. The molecule has 0 aliphatic heterocycles. The molecule has 0 fully saturated rings. The van der Waals surface area contributed by atoms with Crippen molar-refractivity contribution in [1.29, 1.82) is 0 Å². The molecule has 1 aromatic carbocycles. The minimum Gasteiger partial charge on any atom is -0.326 e. The number of unbranched alkanes of at least 4 members (excludes halogenated alkanes) is 1. The van der Waals surface area contributed by atoms with E-state index in [4.69, 9.17) is 0 Å². The molecule has 122 valence electrons. The molecular formula is C18H23N3O2. The third-order valence-corrected chi connectivity index (χ3v) is 3.73. The molecule has 0 aliphatic carbocycles. The lowest BCUT2D eigenvalue weighted by molar-refractivity contribution is -0.115. The summed E-state index contributed by atoms with van der Waals surface area (Å²) < 4.78 is 0. The van der Waals surface area contributed by atoms with Gasteiger partial charge in [0, 0.05) is 16.9 Å². The van der Waals surface area contributed by atoms with Crippen LogP contribution >= 0.6 is 0 Å². The van der Waals surface area contributed by atoms with Crippen LogP contribution in [-0.4, -0.2) is 15.9 Å². The predicted molar refractivity (Wildman–Crippen MR) is 91.7 cm³/mol. The number of nitrogens with zero attached hydrogens (tertiary/aromatic N) is 1. The Morgan fingerprint density at radius 1 is 1.22 bits per heavy atom. The maximum Gasteiger partial charge on any atom is 0.254 e. The number of benzene rings is 1. The van der Waals surface area contributed by atoms with Crippen molar-refractivity contribution >= 4 is 11.6 Å². The number of carbonyl (C=O) groups excluding carboxylic acids is 1. The Kier molecular flexibility index (Phi) is 5.68. The SMILES string of the molecule is CCCCc1ccc(NC(=O)Cc2c(C)nc(C)[nH]c2=O)cc1. The predicted octanol–water partition coefficient (Wildman–Crippen LogP) is 2.91. The first-order valence-electron chi connectivity index (χ1n) is 7.94. The van der Waals surface area contributed by atoms with E-state index in [2.05, 4.69) is 22.2 Å². The first-order chi connectivity index (χ1) is 11.0. The van der Waals surface area contributed by atoms with E-state index in [0.717, 1.165) is 24.9 Å². The third kappa shape index (κ3) is 4.77. The summed E-state index contributed by atoms with van der Waals surface area (Å²) in [6.07, 6.45) is 3.39. The van der Waals surface area contributed by atoms with Crippen LogP contribution in [-0.2, 0) is 17.6 Å². The number of aromatic nitrogens is 2. The Morgan fingerprint density at radius 3 is 2.52 bits per heavy atom. The molecule has 2 N–H and O–H groups in total. The molecule has 2 rings (SSSR count). The van der Waals surface area contributed by atoms with E-state index in [1.165, 1.54) is 5.56 Å². The molecule has 0 aliphatic rings. The number of carbonyl (C=O) groups is 1. The average Bonchev–Trinajstić information content (AvgIpc) is 2.50. The van der Waals surface area contributed by atoms with E-state index >= 15 is 0 Å². The maximum absolute atomic E-state index is 12.1. The first kappa shape index (κ1) is 16.9. The van der Waals surface area contributed by atoms with E-state index in [-0.39, 0.29) is 17.9 Å². The van der Waals surface area contributed by atoms with Crippen molar-refractivity contribution in [2.45, 2.75) is 46.5 Å². The highest BCUT2D eigenvalue weighted by molar-refractivity contribution is 5.92. The van der Waals surface area contributed by atoms with Gasteiger partial charge in [0.25, 0.3) is 5.56 Å². The fourth-order valence-electron chi connectivity index (χ4n) is 2.46. The number of amides is 1. The van der Waals surface area contributed by atoms with Gasteiger partial charge < -0.3 is 10.3 Å². The van der Waals surface area contributed by atoms with Crippen LogP contribution in [0.2, 0.25) is 0 Å². The number of anilines is 1. The number of aromatic amines is 1. The summed E-state index contributed by atoms with van der Waals surface area (Å²) in [6, 6.07) is 7.84. The molecule has 5 heteroatoms. The molecule has 0 spiro atoms. The molecule has 1 amide bonds. The number of rotatable bonds is 6. The molecule has 23 heavy (non-hydrogen) atoms. The van der Waals surface area contributed by atoms with Gasteiger partial charge in [-0.3, -0.25) is 9.59 Å². The van der Waals surface area contributed by atoms with Crippen LogP contribution in [0.25, 0.3) is 0 Å². The van der Waals surface area contributed by atoms with E-state index in [9.17, 15) is 9.59 Å². The zero-order valence-corrected chi connectivity index (χ0v) is 13.9. The Labute approximate surface area is 136 Å². The monoisotopic (exact) mass is 313 g/mol. The van der Waals surface area contributed by atoms with Gasteiger partial charge >= 0.3 is 0 Å². The van der Waals surface area contributed by atoms with Crippen LogP contribution in [0.3, 0.4) is 0 Å². The van der Waals surface area contributed by atoms with E-state index in [0.29, 0.717) is 17.1 Å². The lowest BCUT2D eigenvalue weighted by Gasteiger charge is -2.08. The van der Waals surface area contributed by atoms with Crippen LogP contribution in [0.4, 0.5) is 5.69 Å². The fraction of sp³-hybridized carbons (Fsp3) is 0.389. The number of hydrogen-bond donors (Lipinski definition) is 2. The highest BCUT2D eigenvalue weighted by Crippen LogP contribution is 2.12. The van der Waals surface area contributed by atoms with E-state index < -0.39 is 0 Å². The number of hydrogen-bond acceptors (Lipinski definition) is 3. The van der Waals surface area contributed by atoms with Crippen molar-refractivity contribution in [2.24, 2.45) is 0 Å². The van der Waals surface area contributed by atoms with Crippen molar-refractivity contribution in [3.05, 3.63) is 57.3 Å². The maximum atomic E-state index is 12.1. The third-order valence-electron chi connectivity index (χ3n) is 3.73. The molecule has 0 atom stereocenters. The van der Waals surface area contributed by atoms with Crippen LogP contribution in [0.5, 0.6) is 0 Å². The normalized spacial score (nSPS) is 10.6. The van der Waals surface area contributed by atoms with Crippen LogP contribution in [0.15, 0.2) is 29.1 Å². The van der Waals surface area contributed by atoms with Gasteiger partial charge in [-0.05, 0) is 44.4 Å². The van der Waals surface area contributed by atoms with Crippen molar-refractivity contribution in [2.75, 3.05) is 5.32 Å². The summed E-state index contributed by atoms with van der Waals surface area (Å²) in [5, 5.41) is 2.82. The second-order valence-electron chi connectivity index (χ2n) is 5.74. The summed E-state index contributed by atoms with van der Waals surface area (Å²) in [6.45, 7) is 5.63. The molecule has 1 heterocycles.